The number of rotatable bonds is 10. The van der Waals surface area contributed by atoms with Crippen LogP contribution in [0, 0.1) is 16.5 Å². The highest BCUT2D eigenvalue weighted by molar-refractivity contribution is 7.86. The van der Waals surface area contributed by atoms with Crippen LogP contribution in [0.1, 0.15) is 30.7 Å². The quantitative estimate of drug-likeness (QED) is 0.247. The second-order valence-electron chi connectivity index (χ2n) is 8.29. The van der Waals surface area contributed by atoms with Crippen LogP contribution in [0.4, 0.5) is 0 Å². The smallest absolute Gasteiger partial charge is 0.264 e. The van der Waals surface area contributed by atoms with E-state index in [1.165, 1.54) is 6.20 Å². The Morgan fingerprint density at radius 2 is 1.68 bits per heavy atom. The van der Waals surface area contributed by atoms with E-state index in [1.807, 2.05) is 36.4 Å². The molecule has 0 spiro atoms. The van der Waals surface area contributed by atoms with Crippen LogP contribution in [0.15, 0.2) is 72.9 Å². The normalized spacial score (nSPS) is 12.5. The SMILES string of the molecule is CC(C)(Oc1ccc(C#N)cc1)C(Cc1ccc(OCc2ccccc2)c[n+]1[O-])OS(C)(=O)=O. The van der Waals surface area contributed by atoms with Crippen LogP contribution < -0.4 is 14.2 Å². The molecule has 34 heavy (non-hydrogen) atoms. The van der Waals surface area contributed by atoms with Gasteiger partial charge in [0.15, 0.2) is 11.4 Å². The van der Waals surface area contributed by atoms with Crippen LogP contribution in [0.25, 0.3) is 0 Å². The van der Waals surface area contributed by atoms with Crippen LogP contribution in [0.3, 0.4) is 0 Å². The van der Waals surface area contributed by atoms with Crippen molar-refractivity contribution in [1.82, 2.24) is 0 Å². The second kappa shape index (κ2) is 10.5. The molecule has 1 unspecified atom stereocenters. The van der Waals surface area contributed by atoms with E-state index < -0.39 is 21.8 Å². The average Bonchev–Trinajstić information content (AvgIpc) is 2.79. The summed E-state index contributed by atoms with van der Waals surface area (Å²) < 4.78 is 41.6. The lowest BCUT2D eigenvalue weighted by atomic mass is 9.96. The Hall–Kier alpha value is -3.61. The van der Waals surface area contributed by atoms with E-state index in [4.69, 9.17) is 18.9 Å². The number of nitriles is 1. The zero-order valence-electron chi connectivity index (χ0n) is 19.2. The number of hydrogen-bond acceptors (Lipinski definition) is 7. The summed E-state index contributed by atoms with van der Waals surface area (Å²) >= 11 is 0. The Morgan fingerprint density at radius 3 is 2.26 bits per heavy atom. The van der Waals surface area contributed by atoms with Gasteiger partial charge in [-0.1, -0.05) is 30.3 Å². The molecule has 9 heteroatoms. The predicted octanol–water partition coefficient (Wildman–Crippen LogP) is 3.52. The van der Waals surface area contributed by atoms with Crippen molar-refractivity contribution < 1.29 is 26.8 Å². The highest BCUT2D eigenvalue weighted by atomic mass is 32.2. The molecule has 0 radical (unpaired) electrons. The summed E-state index contributed by atoms with van der Waals surface area (Å²) in [6.45, 7) is 3.66. The average molecular weight is 483 g/mol. The summed E-state index contributed by atoms with van der Waals surface area (Å²) in [6, 6.07) is 21.2. The zero-order valence-corrected chi connectivity index (χ0v) is 20.0. The Balaban J connectivity index is 1.77. The molecule has 0 saturated carbocycles. The van der Waals surface area contributed by atoms with Crippen molar-refractivity contribution in [2.24, 2.45) is 0 Å². The first-order chi connectivity index (χ1) is 16.1. The maximum Gasteiger partial charge on any atom is 0.264 e. The molecule has 2 aromatic carbocycles. The molecule has 0 N–H and O–H groups in total. The van der Waals surface area contributed by atoms with E-state index in [1.54, 1.807) is 50.2 Å². The molecule has 8 nitrogen and oxygen atoms in total. The molecule has 0 fully saturated rings. The van der Waals surface area contributed by atoms with Gasteiger partial charge in [0.1, 0.15) is 24.1 Å². The van der Waals surface area contributed by atoms with Crippen LogP contribution >= 0.6 is 0 Å². The van der Waals surface area contributed by atoms with Gasteiger partial charge in [0.2, 0.25) is 6.20 Å². The van der Waals surface area contributed by atoms with Crippen molar-refractivity contribution >= 4 is 10.1 Å². The van der Waals surface area contributed by atoms with Gasteiger partial charge >= 0.3 is 0 Å². The largest absolute Gasteiger partial charge is 0.618 e. The zero-order chi connectivity index (χ0) is 24.8. The Labute approximate surface area is 199 Å². The second-order valence-corrected chi connectivity index (χ2v) is 9.89. The molecular weight excluding hydrogens is 456 g/mol. The van der Waals surface area contributed by atoms with E-state index in [-0.39, 0.29) is 12.1 Å². The predicted molar refractivity (Wildman–Crippen MR) is 125 cm³/mol. The van der Waals surface area contributed by atoms with Crippen LogP contribution in [0.5, 0.6) is 11.5 Å². The van der Waals surface area contributed by atoms with E-state index in [2.05, 4.69) is 0 Å². The Bertz CT molecular complexity index is 1250. The molecule has 0 aliphatic carbocycles. The fourth-order valence-corrected chi connectivity index (χ4v) is 3.96. The van der Waals surface area contributed by atoms with Gasteiger partial charge in [0.05, 0.1) is 24.3 Å². The summed E-state index contributed by atoms with van der Waals surface area (Å²) in [5.41, 5.74) is 0.591. The molecule has 1 heterocycles. The topological polar surface area (TPSA) is 113 Å². The molecular formula is C25H26N2O6S. The first kappa shape index (κ1) is 25.0. The summed E-state index contributed by atoms with van der Waals surface area (Å²) in [4.78, 5) is 0. The summed E-state index contributed by atoms with van der Waals surface area (Å²) in [6.07, 6.45) is 1.21. The third-order valence-corrected chi connectivity index (χ3v) is 5.62. The van der Waals surface area contributed by atoms with Gasteiger partial charge in [-0.15, -0.1) is 0 Å². The number of hydrogen-bond donors (Lipinski definition) is 0. The number of pyridine rings is 1. The van der Waals surface area contributed by atoms with Crippen molar-refractivity contribution in [1.29, 1.82) is 5.26 Å². The van der Waals surface area contributed by atoms with Crippen LogP contribution in [-0.4, -0.2) is 26.4 Å². The van der Waals surface area contributed by atoms with Crippen LogP contribution in [-0.2, 0) is 27.3 Å². The minimum atomic E-state index is -3.85. The maximum atomic E-state index is 12.7. The summed E-state index contributed by atoms with van der Waals surface area (Å²) in [5, 5.41) is 21.6. The minimum Gasteiger partial charge on any atom is -0.618 e. The van der Waals surface area contributed by atoms with Gasteiger partial charge in [0, 0.05) is 6.07 Å². The number of nitrogens with zero attached hydrogens (tertiary/aromatic N) is 2. The molecule has 0 saturated heterocycles. The highest BCUT2D eigenvalue weighted by Crippen LogP contribution is 2.26. The number of aromatic nitrogens is 1. The monoisotopic (exact) mass is 482 g/mol. The van der Waals surface area contributed by atoms with Crippen molar-refractivity contribution in [2.45, 2.75) is 38.6 Å². The molecule has 3 rings (SSSR count). The lowest BCUT2D eigenvalue weighted by molar-refractivity contribution is -0.615. The summed E-state index contributed by atoms with van der Waals surface area (Å²) in [5.74, 6) is 0.821. The van der Waals surface area contributed by atoms with E-state index in [9.17, 15) is 13.6 Å². The number of ether oxygens (including phenoxy) is 2. The van der Waals surface area contributed by atoms with E-state index >= 15 is 0 Å². The van der Waals surface area contributed by atoms with E-state index in [0.29, 0.717) is 28.4 Å². The fourth-order valence-electron chi connectivity index (χ4n) is 3.24. The lowest BCUT2D eigenvalue weighted by Crippen LogP contribution is -2.48. The van der Waals surface area contributed by atoms with Gasteiger partial charge in [-0.05, 0) is 49.7 Å². The van der Waals surface area contributed by atoms with Gasteiger partial charge in [-0.25, -0.2) is 0 Å². The standard InChI is InChI=1S/C25H26N2O6S/c1-25(2,32-22-12-9-19(16-26)10-13-22)24(33-34(3,29)30)15-21-11-14-23(17-27(21)28)31-18-20-7-5-4-6-8-20/h4-14,17,24H,15,18H2,1-3H3. The van der Waals surface area contributed by atoms with Crippen molar-refractivity contribution in [3.8, 4) is 17.6 Å². The van der Waals surface area contributed by atoms with Crippen molar-refractivity contribution in [3.63, 3.8) is 0 Å². The third kappa shape index (κ3) is 7.20. The molecule has 0 bridgehead atoms. The Morgan fingerprint density at radius 1 is 1.03 bits per heavy atom. The van der Waals surface area contributed by atoms with Crippen molar-refractivity contribution in [2.75, 3.05) is 6.26 Å². The maximum absolute atomic E-state index is 12.7. The molecule has 0 aliphatic heterocycles. The van der Waals surface area contributed by atoms with E-state index in [0.717, 1.165) is 11.8 Å². The molecule has 178 valence electrons. The first-order valence-electron chi connectivity index (χ1n) is 10.5. The fraction of sp³-hybridized carbons (Fsp3) is 0.280. The summed E-state index contributed by atoms with van der Waals surface area (Å²) in [7, 11) is -3.85. The highest BCUT2D eigenvalue weighted by Gasteiger charge is 2.37. The molecule has 0 aliphatic rings. The minimum absolute atomic E-state index is 0.0290. The van der Waals surface area contributed by atoms with Gasteiger partial charge < -0.3 is 14.7 Å². The molecule has 0 amide bonds. The molecule has 1 atom stereocenters. The Kier molecular flexibility index (Phi) is 7.76. The van der Waals surface area contributed by atoms with Crippen LogP contribution in [0.2, 0.25) is 0 Å². The van der Waals surface area contributed by atoms with Crippen molar-refractivity contribution in [3.05, 3.63) is 95.0 Å². The van der Waals surface area contributed by atoms with Gasteiger partial charge in [-0.3, -0.25) is 4.18 Å². The number of benzene rings is 2. The third-order valence-electron chi connectivity index (χ3n) is 5.04. The van der Waals surface area contributed by atoms with Gasteiger partial charge in [-0.2, -0.15) is 18.4 Å². The molecule has 1 aromatic heterocycles. The lowest BCUT2D eigenvalue weighted by Gasteiger charge is -2.33. The first-order valence-corrected chi connectivity index (χ1v) is 12.3. The van der Waals surface area contributed by atoms with Gasteiger partial charge in [0.25, 0.3) is 10.1 Å². The molecule has 3 aromatic rings.